The molecule has 0 unspecified atom stereocenters. The van der Waals surface area contributed by atoms with Gasteiger partial charge < -0.3 is 15.7 Å². The van der Waals surface area contributed by atoms with Crippen LogP contribution in [-0.4, -0.2) is 49.5 Å². The van der Waals surface area contributed by atoms with Crippen LogP contribution >= 0.6 is 0 Å². The zero-order valence-corrected chi connectivity index (χ0v) is 13.6. The van der Waals surface area contributed by atoms with Gasteiger partial charge in [-0.3, -0.25) is 0 Å². The average molecular weight is 327 g/mol. The molecule has 0 spiro atoms. The third kappa shape index (κ3) is 3.77. The Kier molecular flexibility index (Phi) is 5.17. The molecule has 8 heteroatoms. The Morgan fingerprint density at radius 1 is 1.08 bits per heavy atom. The van der Waals surface area contributed by atoms with E-state index in [9.17, 15) is 0 Å². The largest absolute Gasteiger partial charge is 0.394 e. The second kappa shape index (κ2) is 7.69. The van der Waals surface area contributed by atoms with E-state index in [0.717, 1.165) is 47.7 Å². The summed E-state index contributed by atoms with van der Waals surface area (Å²) in [5.74, 6) is 1.65. The highest BCUT2D eigenvalue weighted by molar-refractivity contribution is 5.85. The minimum absolute atomic E-state index is 0.0300. The van der Waals surface area contributed by atoms with Gasteiger partial charge in [-0.15, -0.1) is 0 Å². The van der Waals surface area contributed by atoms with Gasteiger partial charge in [-0.2, -0.15) is 5.10 Å². The summed E-state index contributed by atoms with van der Waals surface area (Å²) >= 11 is 0. The Morgan fingerprint density at radius 3 is 2.75 bits per heavy atom. The fourth-order valence-corrected chi connectivity index (χ4v) is 2.38. The zero-order valence-electron chi connectivity index (χ0n) is 13.6. The molecular formula is C16H21N7O. The smallest absolute Gasteiger partial charge is 0.163 e. The lowest BCUT2D eigenvalue weighted by molar-refractivity contribution is 0.271. The molecule has 0 aliphatic carbocycles. The van der Waals surface area contributed by atoms with Crippen LogP contribution in [-0.2, 0) is 6.54 Å². The number of rotatable bonds is 8. The van der Waals surface area contributed by atoms with Crippen molar-refractivity contribution in [3.8, 4) is 0 Å². The van der Waals surface area contributed by atoms with E-state index in [2.05, 4.69) is 30.7 Å². The number of nitrogens with one attached hydrogen (secondary N) is 2. The monoisotopic (exact) mass is 327 g/mol. The predicted octanol–water partition coefficient (Wildman–Crippen LogP) is 1.44. The summed E-state index contributed by atoms with van der Waals surface area (Å²) in [4.78, 5) is 12.8. The molecule has 0 bridgehead atoms. The molecular weight excluding hydrogens is 306 g/mol. The van der Waals surface area contributed by atoms with Crippen molar-refractivity contribution >= 4 is 22.7 Å². The van der Waals surface area contributed by atoms with Crippen LogP contribution in [0.1, 0.15) is 12.0 Å². The lowest BCUT2D eigenvalue weighted by Crippen LogP contribution is -2.11. The fourth-order valence-electron chi connectivity index (χ4n) is 2.38. The molecule has 3 N–H and O–H groups in total. The van der Waals surface area contributed by atoms with Crippen molar-refractivity contribution in [1.82, 2.24) is 24.7 Å². The molecule has 3 aromatic rings. The molecule has 0 atom stereocenters. The SMILES string of the molecule is Cc1ccc(NCCCNc2ncnc3c2cnn3CCO)nc1. The highest BCUT2D eigenvalue weighted by Gasteiger charge is 2.08. The summed E-state index contributed by atoms with van der Waals surface area (Å²) < 4.78 is 1.67. The molecule has 24 heavy (non-hydrogen) atoms. The van der Waals surface area contributed by atoms with Gasteiger partial charge in [-0.25, -0.2) is 19.6 Å². The fraction of sp³-hybridized carbons (Fsp3) is 0.375. The molecule has 0 fully saturated rings. The van der Waals surface area contributed by atoms with Crippen LogP contribution in [0.3, 0.4) is 0 Å². The third-order valence-corrected chi connectivity index (χ3v) is 3.61. The summed E-state index contributed by atoms with van der Waals surface area (Å²) in [6.07, 6.45) is 6.00. The number of aliphatic hydroxyl groups excluding tert-OH is 1. The van der Waals surface area contributed by atoms with Crippen molar-refractivity contribution in [2.24, 2.45) is 0 Å². The van der Waals surface area contributed by atoms with E-state index in [1.54, 1.807) is 10.9 Å². The second-order valence-corrected chi connectivity index (χ2v) is 5.48. The van der Waals surface area contributed by atoms with Gasteiger partial charge in [0.2, 0.25) is 0 Å². The van der Waals surface area contributed by atoms with Crippen molar-refractivity contribution < 1.29 is 5.11 Å². The molecule has 3 rings (SSSR count). The number of pyridine rings is 1. The van der Waals surface area contributed by atoms with Crippen LogP contribution in [0.5, 0.6) is 0 Å². The lowest BCUT2D eigenvalue weighted by Gasteiger charge is -2.08. The van der Waals surface area contributed by atoms with E-state index < -0.39 is 0 Å². The van der Waals surface area contributed by atoms with E-state index in [-0.39, 0.29) is 6.61 Å². The molecule has 0 amide bonds. The topological polar surface area (TPSA) is 101 Å². The first kappa shape index (κ1) is 16.1. The number of fused-ring (bicyclic) bond motifs is 1. The number of aromatic nitrogens is 5. The molecule has 0 saturated carbocycles. The van der Waals surface area contributed by atoms with E-state index in [4.69, 9.17) is 5.11 Å². The second-order valence-electron chi connectivity index (χ2n) is 5.48. The van der Waals surface area contributed by atoms with Gasteiger partial charge in [-0.05, 0) is 25.0 Å². The summed E-state index contributed by atoms with van der Waals surface area (Å²) in [5, 5.41) is 20.7. The summed E-state index contributed by atoms with van der Waals surface area (Å²) in [7, 11) is 0. The standard InChI is InChI=1S/C16H21N7O/c1-12-3-4-14(19-9-12)17-5-2-6-18-15-13-10-22-23(7-8-24)16(13)21-11-20-15/h3-4,9-11,24H,2,5-8H2,1H3,(H,17,19)(H,18,20,21). The molecule has 0 aromatic carbocycles. The van der Waals surface area contributed by atoms with Gasteiger partial charge in [0.05, 0.1) is 24.7 Å². The predicted molar refractivity (Wildman–Crippen MR) is 93.0 cm³/mol. The Morgan fingerprint density at radius 2 is 1.96 bits per heavy atom. The molecule has 3 aromatic heterocycles. The first-order valence-electron chi connectivity index (χ1n) is 7.95. The third-order valence-electron chi connectivity index (χ3n) is 3.61. The summed E-state index contributed by atoms with van der Waals surface area (Å²) in [5.41, 5.74) is 1.88. The Bertz CT molecular complexity index is 785. The first-order chi connectivity index (χ1) is 11.8. The van der Waals surface area contributed by atoms with E-state index in [0.29, 0.717) is 6.54 Å². The summed E-state index contributed by atoms with van der Waals surface area (Å²) in [6.45, 7) is 4.07. The minimum atomic E-state index is 0.0300. The van der Waals surface area contributed by atoms with Crippen LogP contribution in [0.25, 0.3) is 11.0 Å². The maximum Gasteiger partial charge on any atom is 0.163 e. The molecule has 0 radical (unpaired) electrons. The van der Waals surface area contributed by atoms with Crippen molar-refractivity contribution in [1.29, 1.82) is 0 Å². The zero-order chi connectivity index (χ0) is 16.8. The minimum Gasteiger partial charge on any atom is -0.394 e. The number of aryl methyl sites for hydroxylation is 1. The van der Waals surface area contributed by atoms with Gasteiger partial charge in [0.15, 0.2) is 5.65 Å². The maximum absolute atomic E-state index is 9.04. The molecule has 126 valence electrons. The van der Waals surface area contributed by atoms with Crippen molar-refractivity contribution in [2.75, 3.05) is 30.3 Å². The average Bonchev–Trinajstić information content (AvgIpc) is 3.01. The first-order valence-corrected chi connectivity index (χ1v) is 7.95. The van der Waals surface area contributed by atoms with Gasteiger partial charge in [-0.1, -0.05) is 6.07 Å². The quantitative estimate of drug-likeness (QED) is 0.538. The van der Waals surface area contributed by atoms with Crippen molar-refractivity contribution in [2.45, 2.75) is 19.9 Å². The normalized spacial score (nSPS) is 10.9. The number of aliphatic hydroxyl groups is 1. The molecule has 3 heterocycles. The van der Waals surface area contributed by atoms with Crippen LogP contribution < -0.4 is 10.6 Å². The van der Waals surface area contributed by atoms with Gasteiger partial charge in [0.1, 0.15) is 18.0 Å². The number of hydrogen-bond donors (Lipinski definition) is 3. The van der Waals surface area contributed by atoms with Crippen LogP contribution in [0, 0.1) is 6.92 Å². The maximum atomic E-state index is 9.04. The molecule has 0 aliphatic heterocycles. The van der Waals surface area contributed by atoms with Crippen LogP contribution in [0.15, 0.2) is 30.9 Å². The Labute approximate surface area is 140 Å². The highest BCUT2D eigenvalue weighted by Crippen LogP contribution is 2.18. The summed E-state index contributed by atoms with van der Waals surface area (Å²) in [6, 6.07) is 4.02. The van der Waals surface area contributed by atoms with Crippen LogP contribution in [0.4, 0.5) is 11.6 Å². The number of nitrogens with zero attached hydrogens (tertiary/aromatic N) is 5. The van der Waals surface area contributed by atoms with Crippen LogP contribution in [0.2, 0.25) is 0 Å². The van der Waals surface area contributed by atoms with Gasteiger partial charge >= 0.3 is 0 Å². The molecule has 8 nitrogen and oxygen atoms in total. The van der Waals surface area contributed by atoms with E-state index in [1.165, 1.54) is 6.33 Å². The molecule has 0 aliphatic rings. The lowest BCUT2D eigenvalue weighted by atomic mass is 10.3. The van der Waals surface area contributed by atoms with Gasteiger partial charge in [0.25, 0.3) is 0 Å². The van der Waals surface area contributed by atoms with E-state index >= 15 is 0 Å². The highest BCUT2D eigenvalue weighted by atomic mass is 16.3. The van der Waals surface area contributed by atoms with Crippen molar-refractivity contribution in [3.05, 3.63) is 36.4 Å². The number of hydrogen-bond acceptors (Lipinski definition) is 7. The molecule has 0 saturated heterocycles. The van der Waals surface area contributed by atoms with Crippen molar-refractivity contribution in [3.63, 3.8) is 0 Å². The van der Waals surface area contributed by atoms with Gasteiger partial charge in [0, 0.05) is 19.3 Å². The van der Waals surface area contributed by atoms with E-state index in [1.807, 2.05) is 25.3 Å². The Hall–Kier alpha value is -2.74. The number of anilines is 2. The Balaban J connectivity index is 1.51.